The highest BCUT2D eigenvalue weighted by Crippen LogP contribution is 2.20. The Labute approximate surface area is 156 Å². The Bertz CT molecular complexity index is 738. The molecule has 0 amide bonds. The Morgan fingerprint density at radius 1 is 1.04 bits per heavy atom. The zero-order valence-electron chi connectivity index (χ0n) is 16.5. The van der Waals surface area contributed by atoms with Crippen LogP contribution in [-0.4, -0.2) is 45.8 Å². The van der Waals surface area contributed by atoms with Gasteiger partial charge in [-0.15, -0.1) is 0 Å². The summed E-state index contributed by atoms with van der Waals surface area (Å²) in [6, 6.07) is 7.37. The molecule has 0 saturated carbocycles. The SMILES string of the molecule is Cc1nn(C(C)C)c(C)c1CN1CCCN(Cc2cccc(F)c2)CC1. The Hall–Kier alpha value is -1.72. The molecule has 0 N–H and O–H groups in total. The monoisotopic (exact) mass is 358 g/mol. The van der Waals surface area contributed by atoms with Crippen molar-refractivity contribution >= 4 is 0 Å². The van der Waals surface area contributed by atoms with Crippen molar-refractivity contribution in [1.29, 1.82) is 0 Å². The van der Waals surface area contributed by atoms with Crippen LogP contribution in [0.15, 0.2) is 24.3 Å². The molecule has 1 aromatic carbocycles. The topological polar surface area (TPSA) is 24.3 Å². The first-order valence-electron chi connectivity index (χ1n) is 9.67. The molecule has 0 atom stereocenters. The number of hydrogen-bond acceptors (Lipinski definition) is 3. The van der Waals surface area contributed by atoms with Gasteiger partial charge >= 0.3 is 0 Å². The summed E-state index contributed by atoms with van der Waals surface area (Å²) in [7, 11) is 0. The molecule has 2 aromatic rings. The third-order valence-electron chi connectivity index (χ3n) is 5.32. The summed E-state index contributed by atoms with van der Waals surface area (Å²) < 4.78 is 15.5. The summed E-state index contributed by atoms with van der Waals surface area (Å²) in [6.07, 6.45) is 1.14. The Morgan fingerprint density at radius 3 is 2.35 bits per heavy atom. The van der Waals surface area contributed by atoms with Crippen molar-refractivity contribution in [1.82, 2.24) is 19.6 Å². The molecule has 5 heteroatoms. The van der Waals surface area contributed by atoms with Crippen molar-refractivity contribution in [2.24, 2.45) is 0 Å². The third-order valence-corrected chi connectivity index (χ3v) is 5.32. The average molecular weight is 359 g/mol. The minimum atomic E-state index is -0.146. The first kappa shape index (κ1) is 19.1. The predicted molar refractivity (Wildman–Crippen MR) is 104 cm³/mol. The minimum absolute atomic E-state index is 0.146. The van der Waals surface area contributed by atoms with Gasteiger partial charge in [-0.05, 0) is 64.9 Å². The van der Waals surface area contributed by atoms with Gasteiger partial charge in [0.15, 0.2) is 0 Å². The van der Waals surface area contributed by atoms with E-state index < -0.39 is 0 Å². The predicted octanol–water partition coefficient (Wildman–Crippen LogP) is 3.93. The fraction of sp³-hybridized carbons (Fsp3) is 0.571. The van der Waals surface area contributed by atoms with E-state index in [9.17, 15) is 4.39 Å². The molecule has 2 heterocycles. The zero-order chi connectivity index (χ0) is 18.7. The summed E-state index contributed by atoms with van der Waals surface area (Å²) >= 11 is 0. The van der Waals surface area contributed by atoms with E-state index in [2.05, 4.69) is 42.2 Å². The van der Waals surface area contributed by atoms with E-state index in [0.29, 0.717) is 6.04 Å². The van der Waals surface area contributed by atoms with Gasteiger partial charge in [-0.2, -0.15) is 5.10 Å². The van der Waals surface area contributed by atoms with Gasteiger partial charge in [-0.25, -0.2) is 4.39 Å². The van der Waals surface area contributed by atoms with E-state index in [1.165, 1.54) is 17.3 Å². The van der Waals surface area contributed by atoms with Crippen LogP contribution in [0.3, 0.4) is 0 Å². The molecule has 4 nitrogen and oxygen atoms in total. The van der Waals surface area contributed by atoms with E-state index in [0.717, 1.165) is 56.9 Å². The van der Waals surface area contributed by atoms with Gasteiger partial charge in [-0.3, -0.25) is 14.5 Å². The van der Waals surface area contributed by atoms with Crippen molar-refractivity contribution < 1.29 is 4.39 Å². The van der Waals surface area contributed by atoms with Crippen molar-refractivity contribution in [3.05, 3.63) is 52.6 Å². The maximum Gasteiger partial charge on any atom is 0.123 e. The molecule has 1 aromatic heterocycles. The first-order chi connectivity index (χ1) is 12.4. The quantitative estimate of drug-likeness (QED) is 0.809. The summed E-state index contributed by atoms with van der Waals surface area (Å²) in [6.45, 7) is 14.7. The van der Waals surface area contributed by atoms with Crippen LogP contribution in [0.1, 0.15) is 48.8 Å². The largest absolute Gasteiger partial charge is 0.298 e. The van der Waals surface area contributed by atoms with Crippen LogP contribution in [0, 0.1) is 19.7 Å². The van der Waals surface area contributed by atoms with E-state index in [1.54, 1.807) is 12.1 Å². The molecule has 0 unspecified atom stereocenters. The first-order valence-corrected chi connectivity index (χ1v) is 9.67. The van der Waals surface area contributed by atoms with Crippen LogP contribution in [0.2, 0.25) is 0 Å². The number of rotatable bonds is 5. The van der Waals surface area contributed by atoms with Gasteiger partial charge in [0.1, 0.15) is 5.82 Å². The van der Waals surface area contributed by atoms with Crippen molar-refractivity contribution in [2.75, 3.05) is 26.2 Å². The van der Waals surface area contributed by atoms with E-state index in [-0.39, 0.29) is 5.82 Å². The summed E-state index contributed by atoms with van der Waals surface area (Å²) in [4.78, 5) is 4.97. The second-order valence-electron chi connectivity index (χ2n) is 7.72. The van der Waals surface area contributed by atoms with Crippen molar-refractivity contribution in [3.63, 3.8) is 0 Å². The van der Waals surface area contributed by atoms with E-state index in [4.69, 9.17) is 5.10 Å². The maximum atomic E-state index is 13.4. The highest BCUT2D eigenvalue weighted by Gasteiger charge is 2.19. The smallest absolute Gasteiger partial charge is 0.123 e. The minimum Gasteiger partial charge on any atom is -0.298 e. The zero-order valence-corrected chi connectivity index (χ0v) is 16.5. The lowest BCUT2D eigenvalue weighted by Crippen LogP contribution is -2.30. The third kappa shape index (κ3) is 4.51. The molecule has 1 fully saturated rings. The van der Waals surface area contributed by atoms with Gasteiger partial charge in [0.25, 0.3) is 0 Å². The van der Waals surface area contributed by atoms with Crippen LogP contribution in [-0.2, 0) is 13.1 Å². The summed E-state index contributed by atoms with van der Waals surface area (Å²) in [5.41, 5.74) is 4.87. The Balaban J connectivity index is 1.61. The van der Waals surface area contributed by atoms with Crippen LogP contribution >= 0.6 is 0 Å². The van der Waals surface area contributed by atoms with E-state index >= 15 is 0 Å². The summed E-state index contributed by atoms with van der Waals surface area (Å²) in [5.74, 6) is -0.146. The lowest BCUT2D eigenvalue weighted by atomic mass is 10.1. The lowest BCUT2D eigenvalue weighted by Gasteiger charge is -2.22. The van der Waals surface area contributed by atoms with Gasteiger partial charge in [0.2, 0.25) is 0 Å². The van der Waals surface area contributed by atoms with Gasteiger partial charge in [-0.1, -0.05) is 12.1 Å². The molecule has 0 spiro atoms. The standard InChI is InChI=1S/C21H31FN4/c1-16(2)26-18(4)21(17(3)23-26)15-25-10-6-9-24(11-12-25)14-19-7-5-8-20(22)13-19/h5,7-8,13,16H,6,9-12,14-15H2,1-4H3. The maximum absolute atomic E-state index is 13.4. The fourth-order valence-electron chi connectivity index (χ4n) is 3.89. The van der Waals surface area contributed by atoms with Gasteiger partial charge < -0.3 is 0 Å². The molecule has 26 heavy (non-hydrogen) atoms. The van der Waals surface area contributed by atoms with Crippen LogP contribution in [0.4, 0.5) is 4.39 Å². The lowest BCUT2D eigenvalue weighted by molar-refractivity contribution is 0.246. The number of hydrogen-bond donors (Lipinski definition) is 0. The Kier molecular flexibility index (Phi) is 6.09. The second kappa shape index (κ2) is 8.31. The fourth-order valence-corrected chi connectivity index (χ4v) is 3.89. The molecule has 0 bridgehead atoms. The van der Waals surface area contributed by atoms with Crippen LogP contribution in [0.25, 0.3) is 0 Å². The molecule has 0 aliphatic carbocycles. The van der Waals surface area contributed by atoms with Crippen molar-refractivity contribution in [3.8, 4) is 0 Å². The molecule has 0 radical (unpaired) electrons. The van der Waals surface area contributed by atoms with E-state index in [1.807, 2.05) is 6.07 Å². The van der Waals surface area contributed by atoms with Crippen LogP contribution < -0.4 is 0 Å². The normalized spacial score (nSPS) is 17.0. The second-order valence-corrected chi connectivity index (χ2v) is 7.72. The molecule has 1 aliphatic heterocycles. The number of halogens is 1. The number of aromatic nitrogens is 2. The van der Waals surface area contributed by atoms with Gasteiger partial charge in [0, 0.05) is 43.5 Å². The molecule has 1 saturated heterocycles. The van der Waals surface area contributed by atoms with Crippen LogP contribution in [0.5, 0.6) is 0 Å². The van der Waals surface area contributed by atoms with Gasteiger partial charge in [0.05, 0.1) is 5.69 Å². The number of nitrogens with zero attached hydrogens (tertiary/aromatic N) is 4. The molecular weight excluding hydrogens is 327 g/mol. The highest BCUT2D eigenvalue weighted by atomic mass is 19.1. The summed E-state index contributed by atoms with van der Waals surface area (Å²) in [5, 5.41) is 4.72. The molecular formula is C21H31FN4. The molecule has 142 valence electrons. The molecule has 1 aliphatic rings. The molecule has 3 rings (SSSR count). The number of aryl methyl sites for hydroxylation is 1. The highest BCUT2D eigenvalue weighted by molar-refractivity contribution is 5.25. The van der Waals surface area contributed by atoms with Crippen molar-refractivity contribution in [2.45, 2.75) is 53.2 Å². The average Bonchev–Trinajstić information content (AvgIpc) is 2.74. The number of benzene rings is 1. The Morgan fingerprint density at radius 2 is 1.73 bits per heavy atom.